The highest BCUT2D eigenvalue weighted by Crippen LogP contribution is 2.08. The van der Waals surface area contributed by atoms with E-state index >= 15 is 0 Å². The number of unbranched alkanes of at least 4 members (excludes halogenated alkanes) is 1. The summed E-state index contributed by atoms with van der Waals surface area (Å²) in [6.07, 6.45) is 7.65. The summed E-state index contributed by atoms with van der Waals surface area (Å²) in [6.45, 7) is 2.31. The maximum atomic E-state index is 12.2. The molecular weight excluding hydrogens is 318 g/mol. The van der Waals surface area contributed by atoms with Crippen molar-refractivity contribution in [2.75, 3.05) is 6.61 Å². The highest BCUT2D eigenvalue weighted by Gasteiger charge is 2.14. The van der Waals surface area contributed by atoms with Gasteiger partial charge in [0, 0.05) is 12.2 Å². The fourth-order valence-electron chi connectivity index (χ4n) is 1.96. The van der Waals surface area contributed by atoms with E-state index in [1.807, 2.05) is 37.3 Å². The lowest BCUT2D eigenvalue weighted by Crippen LogP contribution is -2.27. The Labute approximate surface area is 147 Å². The molecule has 0 radical (unpaired) electrons. The van der Waals surface area contributed by atoms with Crippen molar-refractivity contribution in [1.82, 2.24) is 5.32 Å². The van der Waals surface area contributed by atoms with Gasteiger partial charge in [0.05, 0.1) is 12.9 Å². The Bertz CT molecular complexity index is 730. The molecule has 1 aromatic heterocycles. The molecule has 1 amide bonds. The van der Waals surface area contributed by atoms with Crippen LogP contribution in [0, 0.1) is 0 Å². The summed E-state index contributed by atoms with van der Waals surface area (Å²) in [6, 6.07) is 12.8. The molecule has 0 aliphatic carbocycles. The third-order valence-corrected chi connectivity index (χ3v) is 3.27. The number of carbonyl (C=O) groups is 2. The third-order valence-electron chi connectivity index (χ3n) is 3.27. The predicted molar refractivity (Wildman–Crippen MR) is 96.2 cm³/mol. The lowest BCUT2D eigenvalue weighted by atomic mass is 10.2. The van der Waals surface area contributed by atoms with Crippen molar-refractivity contribution in [2.45, 2.75) is 19.8 Å². The Hall–Kier alpha value is -3.08. The Balaban J connectivity index is 2.06. The smallest absolute Gasteiger partial charge is 0.354 e. The molecular formula is C20H21NO4. The molecule has 2 aromatic rings. The van der Waals surface area contributed by atoms with E-state index in [1.165, 1.54) is 18.4 Å². The van der Waals surface area contributed by atoms with Crippen molar-refractivity contribution in [3.05, 3.63) is 71.8 Å². The minimum absolute atomic E-state index is 0.0359. The van der Waals surface area contributed by atoms with Gasteiger partial charge in [-0.3, -0.25) is 4.79 Å². The zero-order valence-electron chi connectivity index (χ0n) is 14.1. The topological polar surface area (TPSA) is 68.5 Å². The molecule has 0 saturated carbocycles. The summed E-state index contributed by atoms with van der Waals surface area (Å²) >= 11 is 0. The van der Waals surface area contributed by atoms with Gasteiger partial charge >= 0.3 is 5.97 Å². The second kappa shape index (κ2) is 9.93. The molecule has 2 rings (SSSR count). The summed E-state index contributed by atoms with van der Waals surface area (Å²) in [5.41, 5.74) is 0.925. The first-order valence-corrected chi connectivity index (χ1v) is 8.15. The highest BCUT2D eigenvalue weighted by atomic mass is 16.5. The zero-order chi connectivity index (χ0) is 17.9. The summed E-state index contributed by atoms with van der Waals surface area (Å²) < 4.78 is 10.4. The number of amides is 1. The number of nitrogens with one attached hydrogen (secondary N) is 1. The van der Waals surface area contributed by atoms with Crippen molar-refractivity contribution in [1.29, 1.82) is 0 Å². The van der Waals surface area contributed by atoms with Gasteiger partial charge in [-0.15, -0.1) is 0 Å². The van der Waals surface area contributed by atoms with E-state index in [4.69, 9.17) is 9.15 Å². The second-order valence-corrected chi connectivity index (χ2v) is 5.30. The van der Waals surface area contributed by atoms with Crippen LogP contribution < -0.4 is 5.32 Å². The van der Waals surface area contributed by atoms with Crippen LogP contribution in [0.5, 0.6) is 0 Å². The van der Waals surface area contributed by atoms with E-state index < -0.39 is 11.9 Å². The third kappa shape index (κ3) is 6.51. The molecule has 5 nitrogen and oxygen atoms in total. The van der Waals surface area contributed by atoms with Gasteiger partial charge in [0.2, 0.25) is 5.91 Å². The summed E-state index contributed by atoms with van der Waals surface area (Å²) in [4.78, 5) is 24.3. The maximum absolute atomic E-state index is 12.2. The zero-order valence-corrected chi connectivity index (χ0v) is 14.1. The Morgan fingerprint density at radius 2 is 1.96 bits per heavy atom. The van der Waals surface area contributed by atoms with Crippen molar-refractivity contribution >= 4 is 24.0 Å². The molecule has 25 heavy (non-hydrogen) atoms. The minimum atomic E-state index is -0.591. The van der Waals surface area contributed by atoms with Crippen LogP contribution in [0.1, 0.15) is 31.1 Å². The van der Waals surface area contributed by atoms with E-state index in [0.717, 1.165) is 18.4 Å². The Morgan fingerprint density at radius 1 is 1.16 bits per heavy atom. The highest BCUT2D eigenvalue weighted by molar-refractivity contribution is 6.01. The lowest BCUT2D eigenvalue weighted by molar-refractivity contribution is -0.140. The van der Waals surface area contributed by atoms with Crippen molar-refractivity contribution < 1.29 is 18.7 Å². The first kappa shape index (κ1) is 18.3. The molecule has 0 aliphatic rings. The number of hydrogen-bond acceptors (Lipinski definition) is 4. The van der Waals surface area contributed by atoms with Crippen molar-refractivity contribution in [3.63, 3.8) is 0 Å². The lowest BCUT2D eigenvalue weighted by Gasteiger charge is -2.08. The number of esters is 1. The summed E-state index contributed by atoms with van der Waals surface area (Å²) in [5.74, 6) is -0.560. The molecule has 0 spiro atoms. The van der Waals surface area contributed by atoms with Gasteiger partial charge in [-0.25, -0.2) is 4.79 Å². The van der Waals surface area contributed by atoms with Gasteiger partial charge in [0.1, 0.15) is 11.5 Å². The molecule has 0 unspecified atom stereocenters. The maximum Gasteiger partial charge on any atom is 0.354 e. The fraction of sp³-hybridized carbons (Fsp3) is 0.200. The van der Waals surface area contributed by atoms with Gasteiger partial charge in [0.15, 0.2) is 0 Å². The minimum Gasteiger partial charge on any atom is -0.465 e. The van der Waals surface area contributed by atoms with Gasteiger partial charge in [-0.05, 0) is 30.2 Å². The van der Waals surface area contributed by atoms with E-state index in [2.05, 4.69) is 5.32 Å². The van der Waals surface area contributed by atoms with Crippen LogP contribution in [0.25, 0.3) is 12.2 Å². The van der Waals surface area contributed by atoms with Gasteiger partial charge in [-0.2, -0.15) is 0 Å². The van der Waals surface area contributed by atoms with E-state index in [1.54, 1.807) is 18.2 Å². The molecule has 0 atom stereocenters. The molecule has 130 valence electrons. The number of furan rings is 1. The number of benzene rings is 1. The molecule has 0 saturated heterocycles. The van der Waals surface area contributed by atoms with Gasteiger partial charge in [0.25, 0.3) is 0 Å². The quantitative estimate of drug-likeness (QED) is 0.451. The number of rotatable bonds is 8. The molecule has 0 aliphatic heterocycles. The molecule has 1 heterocycles. The SMILES string of the molecule is CCCCOC(=O)/C(=C/c1ccco1)NC(=O)/C=C/c1ccccc1. The van der Waals surface area contributed by atoms with Crippen molar-refractivity contribution in [3.8, 4) is 0 Å². The normalized spacial score (nSPS) is 11.5. The Morgan fingerprint density at radius 3 is 2.64 bits per heavy atom. The van der Waals surface area contributed by atoms with Crippen LogP contribution in [0.2, 0.25) is 0 Å². The molecule has 0 bridgehead atoms. The van der Waals surface area contributed by atoms with Crippen LogP contribution in [0.4, 0.5) is 0 Å². The predicted octanol–water partition coefficient (Wildman–Crippen LogP) is 3.79. The molecule has 1 N–H and O–H groups in total. The molecule has 1 aromatic carbocycles. The summed E-state index contributed by atoms with van der Waals surface area (Å²) in [5, 5.41) is 2.55. The monoisotopic (exact) mass is 339 g/mol. The molecule has 5 heteroatoms. The fourth-order valence-corrected chi connectivity index (χ4v) is 1.96. The number of ether oxygens (including phenoxy) is 1. The van der Waals surface area contributed by atoms with E-state index in [0.29, 0.717) is 12.4 Å². The number of carbonyl (C=O) groups excluding carboxylic acids is 2. The van der Waals surface area contributed by atoms with Crippen molar-refractivity contribution in [2.24, 2.45) is 0 Å². The number of hydrogen-bond donors (Lipinski definition) is 1. The second-order valence-electron chi connectivity index (χ2n) is 5.30. The van der Waals surface area contributed by atoms with Crippen LogP contribution in [-0.2, 0) is 14.3 Å². The van der Waals surface area contributed by atoms with Crippen LogP contribution in [0.15, 0.2) is 64.9 Å². The standard InChI is InChI=1S/C20H21NO4/c1-2-3-13-25-20(23)18(15-17-10-7-14-24-17)21-19(22)12-11-16-8-5-4-6-9-16/h4-12,14-15H,2-3,13H2,1H3,(H,21,22)/b12-11+,18-15-. The van der Waals surface area contributed by atoms with Crippen LogP contribution in [0.3, 0.4) is 0 Å². The largest absolute Gasteiger partial charge is 0.465 e. The van der Waals surface area contributed by atoms with Crippen LogP contribution >= 0.6 is 0 Å². The average Bonchev–Trinajstić information content (AvgIpc) is 3.13. The Kier molecular flexibility index (Phi) is 7.25. The summed E-state index contributed by atoms with van der Waals surface area (Å²) in [7, 11) is 0. The first-order valence-electron chi connectivity index (χ1n) is 8.15. The first-order chi connectivity index (χ1) is 12.2. The van der Waals surface area contributed by atoms with Gasteiger partial charge < -0.3 is 14.5 Å². The van der Waals surface area contributed by atoms with E-state index in [-0.39, 0.29) is 5.70 Å². The molecule has 0 fully saturated rings. The average molecular weight is 339 g/mol. The van der Waals surface area contributed by atoms with Crippen LogP contribution in [-0.4, -0.2) is 18.5 Å². The van der Waals surface area contributed by atoms with E-state index in [9.17, 15) is 9.59 Å². The van der Waals surface area contributed by atoms with Gasteiger partial charge in [-0.1, -0.05) is 43.7 Å².